The van der Waals surface area contributed by atoms with Crippen LogP contribution in [0.5, 0.6) is 0 Å². The fourth-order valence-electron chi connectivity index (χ4n) is 3.42. The smallest absolute Gasteiger partial charge is 0.338 e. The van der Waals surface area contributed by atoms with Crippen LogP contribution in [0, 0.1) is 0 Å². The van der Waals surface area contributed by atoms with Crippen molar-refractivity contribution in [3.8, 4) is 0 Å². The largest absolute Gasteiger partial charge is 0.459 e. The zero-order chi connectivity index (χ0) is 24.2. The first-order valence-electron chi connectivity index (χ1n) is 10.1. The van der Waals surface area contributed by atoms with Gasteiger partial charge in [0.1, 0.15) is 12.7 Å². The predicted octanol–water partition coefficient (Wildman–Crippen LogP) is 2.62. The quantitative estimate of drug-likeness (QED) is 0.485. The maximum Gasteiger partial charge on any atom is 0.338 e. The molecule has 1 aliphatic heterocycles. The number of nitrogens with zero attached hydrogens (tertiary/aromatic N) is 1. The molecule has 176 valence electrons. The van der Waals surface area contributed by atoms with E-state index in [0.29, 0.717) is 0 Å². The molecular formula is C23H18BrFN2O7. The Hall–Kier alpha value is -3.57. The summed E-state index contributed by atoms with van der Waals surface area (Å²) in [6.07, 6.45) is -5.21. The van der Waals surface area contributed by atoms with E-state index in [1.165, 1.54) is 12.1 Å². The molecule has 1 saturated heterocycles. The maximum atomic E-state index is 15.5. The van der Waals surface area contributed by atoms with Gasteiger partial charge in [-0.15, -0.1) is 0 Å². The molecule has 2 aromatic carbocycles. The number of H-pyrrole nitrogens is 1. The number of carbonyl (C=O) groups is 2. The Morgan fingerprint density at radius 3 is 2.21 bits per heavy atom. The summed E-state index contributed by atoms with van der Waals surface area (Å²) >= 11 is 2.99. The standard InChI is InChI=1S/C23H18BrFN2O7/c24-15-11-27(23(31)26-19(15)28)20-17(25)18(34-22(30)14-9-5-2-6-10-14)16(33-20)12-32-21(29)13-7-3-1-4-8-13/h1-11,16-18,20H,12H2,(H,26,28,31)/t16-,17+,18-,20-/m1/s1. The third-order valence-electron chi connectivity index (χ3n) is 5.11. The molecule has 1 aliphatic rings. The zero-order valence-electron chi connectivity index (χ0n) is 17.4. The lowest BCUT2D eigenvalue weighted by Gasteiger charge is -2.19. The lowest BCUT2D eigenvalue weighted by atomic mass is 10.1. The van der Waals surface area contributed by atoms with E-state index in [2.05, 4.69) is 15.9 Å². The normalized spacial score (nSPS) is 21.7. The summed E-state index contributed by atoms with van der Waals surface area (Å²) in [4.78, 5) is 50.9. The number of aromatic nitrogens is 2. The van der Waals surface area contributed by atoms with E-state index < -0.39 is 54.4 Å². The van der Waals surface area contributed by atoms with E-state index in [1.807, 2.05) is 4.98 Å². The molecule has 3 aromatic rings. The van der Waals surface area contributed by atoms with Gasteiger partial charge >= 0.3 is 17.6 Å². The summed E-state index contributed by atoms with van der Waals surface area (Å²) < 4.78 is 32.6. The summed E-state index contributed by atoms with van der Waals surface area (Å²) in [5.74, 6) is -1.49. The highest BCUT2D eigenvalue weighted by atomic mass is 79.9. The molecule has 0 bridgehead atoms. The number of benzene rings is 2. The van der Waals surface area contributed by atoms with E-state index in [9.17, 15) is 19.2 Å². The van der Waals surface area contributed by atoms with Crippen molar-refractivity contribution in [2.45, 2.75) is 24.6 Å². The molecule has 0 saturated carbocycles. The fraction of sp³-hybridized carbons (Fsp3) is 0.217. The third-order valence-corrected chi connectivity index (χ3v) is 5.67. The van der Waals surface area contributed by atoms with Gasteiger partial charge in [0.2, 0.25) is 0 Å². The minimum absolute atomic E-state index is 0.0281. The van der Waals surface area contributed by atoms with E-state index in [4.69, 9.17) is 14.2 Å². The SMILES string of the molecule is O=C(OC[C@H]1O[C@@H](n2cc(Br)c(=O)[nH]c2=O)[C@@H](F)[C@@H]1OC(=O)c1ccccc1)c1ccccc1. The summed E-state index contributed by atoms with van der Waals surface area (Å²) in [5.41, 5.74) is -1.17. The molecule has 2 heterocycles. The second-order valence-electron chi connectivity index (χ2n) is 7.35. The van der Waals surface area contributed by atoms with Crippen LogP contribution in [0.1, 0.15) is 26.9 Å². The van der Waals surface area contributed by atoms with Gasteiger partial charge in [-0.1, -0.05) is 36.4 Å². The van der Waals surface area contributed by atoms with Crippen LogP contribution in [0.2, 0.25) is 0 Å². The lowest BCUT2D eigenvalue weighted by molar-refractivity contribution is -0.0592. The Balaban J connectivity index is 1.59. The molecule has 4 atom stereocenters. The van der Waals surface area contributed by atoms with Crippen molar-refractivity contribution in [1.29, 1.82) is 0 Å². The van der Waals surface area contributed by atoms with E-state index in [-0.39, 0.29) is 15.6 Å². The van der Waals surface area contributed by atoms with E-state index in [1.54, 1.807) is 48.5 Å². The van der Waals surface area contributed by atoms with Crippen LogP contribution in [-0.4, -0.2) is 46.5 Å². The minimum Gasteiger partial charge on any atom is -0.459 e. The number of rotatable bonds is 6. The van der Waals surface area contributed by atoms with Crippen LogP contribution in [0.4, 0.5) is 4.39 Å². The molecule has 0 amide bonds. The number of nitrogens with one attached hydrogen (secondary N) is 1. The highest BCUT2D eigenvalue weighted by Crippen LogP contribution is 2.34. The van der Waals surface area contributed by atoms with Gasteiger partial charge in [-0.25, -0.2) is 18.8 Å². The van der Waals surface area contributed by atoms with Crippen molar-refractivity contribution >= 4 is 27.9 Å². The summed E-state index contributed by atoms with van der Waals surface area (Å²) in [6.45, 7) is -0.448. The zero-order valence-corrected chi connectivity index (χ0v) is 19.0. The Labute approximate surface area is 200 Å². The second kappa shape index (κ2) is 10.1. The molecule has 0 radical (unpaired) electrons. The van der Waals surface area contributed by atoms with Gasteiger partial charge in [-0.3, -0.25) is 14.3 Å². The number of ether oxygens (including phenoxy) is 3. The van der Waals surface area contributed by atoms with Gasteiger partial charge < -0.3 is 14.2 Å². The average molecular weight is 533 g/mol. The molecule has 1 aromatic heterocycles. The van der Waals surface area contributed by atoms with E-state index >= 15 is 4.39 Å². The predicted molar refractivity (Wildman–Crippen MR) is 120 cm³/mol. The van der Waals surface area contributed by atoms with Gasteiger partial charge in [0.05, 0.1) is 15.6 Å². The number of carbonyl (C=O) groups excluding carboxylic acids is 2. The highest BCUT2D eigenvalue weighted by molar-refractivity contribution is 9.10. The first kappa shape index (κ1) is 23.6. The number of alkyl halides is 1. The van der Waals surface area contributed by atoms with Crippen LogP contribution in [-0.2, 0) is 14.2 Å². The molecule has 4 rings (SSSR count). The van der Waals surface area contributed by atoms with Crippen molar-refractivity contribution in [2.24, 2.45) is 0 Å². The van der Waals surface area contributed by atoms with Gasteiger partial charge in [0, 0.05) is 6.20 Å². The Kier molecular flexibility index (Phi) is 7.03. The molecule has 1 fully saturated rings. The first-order chi connectivity index (χ1) is 16.3. The van der Waals surface area contributed by atoms with Gasteiger partial charge in [0.15, 0.2) is 18.5 Å². The molecule has 1 N–H and O–H groups in total. The minimum atomic E-state index is -2.01. The van der Waals surface area contributed by atoms with Crippen molar-refractivity contribution in [3.05, 3.63) is 103 Å². The highest BCUT2D eigenvalue weighted by Gasteiger charge is 2.49. The number of hydrogen-bond acceptors (Lipinski definition) is 7. The van der Waals surface area contributed by atoms with Gasteiger partial charge in [-0.2, -0.15) is 0 Å². The average Bonchev–Trinajstić information content (AvgIpc) is 3.15. The van der Waals surface area contributed by atoms with Crippen LogP contribution in [0.3, 0.4) is 0 Å². The van der Waals surface area contributed by atoms with Crippen LogP contribution in [0.15, 0.2) is 80.9 Å². The van der Waals surface area contributed by atoms with Crippen molar-refractivity contribution < 1.29 is 28.2 Å². The molecule has 9 nitrogen and oxygen atoms in total. The summed E-state index contributed by atoms with van der Waals surface area (Å²) in [5, 5.41) is 0. The Morgan fingerprint density at radius 2 is 1.59 bits per heavy atom. The summed E-state index contributed by atoms with van der Waals surface area (Å²) in [7, 11) is 0. The van der Waals surface area contributed by atoms with E-state index in [0.717, 1.165) is 10.8 Å². The third kappa shape index (κ3) is 5.00. The van der Waals surface area contributed by atoms with Crippen LogP contribution in [0.25, 0.3) is 0 Å². The monoisotopic (exact) mass is 532 g/mol. The van der Waals surface area contributed by atoms with Crippen LogP contribution >= 0.6 is 15.9 Å². The van der Waals surface area contributed by atoms with Gasteiger partial charge in [0.25, 0.3) is 5.56 Å². The number of halogens is 2. The number of aromatic amines is 1. The van der Waals surface area contributed by atoms with Crippen LogP contribution < -0.4 is 11.2 Å². The number of hydrogen-bond donors (Lipinski definition) is 1. The molecule has 0 spiro atoms. The topological polar surface area (TPSA) is 117 Å². The van der Waals surface area contributed by atoms with Crippen molar-refractivity contribution in [2.75, 3.05) is 6.61 Å². The summed E-state index contributed by atoms with van der Waals surface area (Å²) in [6, 6.07) is 16.1. The second-order valence-corrected chi connectivity index (χ2v) is 8.21. The molecule has 0 unspecified atom stereocenters. The van der Waals surface area contributed by atoms with Crippen molar-refractivity contribution in [1.82, 2.24) is 9.55 Å². The fourth-order valence-corrected chi connectivity index (χ4v) is 3.74. The number of esters is 2. The van der Waals surface area contributed by atoms with Crippen molar-refractivity contribution in [3.63, 3.8) is 0 Å². The molecular weight excluding hydrogens is 515 g/mol. The molecule has 0 aliphatic carbocycles. The van der Waals surface area contributed by atoms with Gasteiger partial charge in [-0.05, 0) is 40.2 Å². The molecule has 11 heteroatoms. The Morgan fingerprint density at radius 1 is 1.00 bits per heavy atom. The maximum absolute atomic E-state index is 15.5. The lowest BCUT2D eigenvalue weighted by Crippen LogP contribution is -2.38. The first-order valence-corrected chi connectivity index (χ1v) is 10.9. The Bertz CT molecular complexity index is 1300. The molecule has 34 heavy (non-hydrogen) atoms.